The summed E-state index contributed by atoms with van der Waals surface area (Å²) in [5.74, 6) is -1.73. The molecule has 0 aromatic heterocycles. The van der Waals surface area contributed by atoms with Gasteiger partial charge in [-0.25, -0.2) is 9.59 Å². The van der Waals surface area contributed by atoms with Gasteiger partial charge in [0.1, 0.15) is 6.61 Å². The predicted molar refractivity (Wildman–Crippen MR) is 118 cm³/mol. The second kappa shape index (κ2) is 10.0. The number of nitrogens with one attached hydrogen (secondary N) is 2. The molecule has 2 amide bonds. The van der Waals surface area contributed by atoms with Crippen LogP contribution in [0.5, 0.6) is 0 Å². The van der Waals surface area contributed by atoms with E-state index < -0.39 is 36.2 Å². The van der Waals surface area contributed by atoms with Gasteiger partial charge in [0, 0.05) is 19.6 Å². The Balaban J connectivity index is 1.30. The number of carbonyl (C=O) groups excluding carboxylic acids is 2. The average Bonchev–Trinajstić information content (AvgIpc) is 3.41. The first-order chi connectivity index (χ1) is 16.0. The fourth-order valence-electron chi connectivity index (χ4n) is 4.36. The Bertz CT molecular complexity index is 995. The molecule has 3 N–H and O–H groups in total. The number of fused-ring (bicyclic) bond motifs is 3. The van der Waals surface area contributed by atoms with Crippen molar-refractivity contribution in [3.05, 3.63) is 59.7 Å². The van der Waals surface area contributed by atoms with Crippen molar-refractivity contribution < 1.29 is 33.7 Å². The topological polar surface area (TPSA) is 123 Å². The van der Waals surface area contributed by atoms with Crippen LogP contribution in [0, 0.1) is 0 Å². The molecule has 1 aliphatic heterocycles. The summed E-state index contributed by atoms with van der Waals surface area (Å²) in [5, 5.41) is 14.3. The van der Waals surface area contributed by atoms with Gasteiger partial charge < -0.3 is 30.0 Å². The Morgan fingerprint density at radius 2 is 1.73 bits per heavy atom. The molecule has 2 aromatic rings. The smallest absolute Gasteiger partial charge is 0.407 e. The van der Waals surface area contributed by atoms with Gasteiger partial charge in [-0.1, -0.05) is 48.5 Å². The van der Waals surface area contributed by atoms with Crippen molar-refractivity contribution in [1.29, 1.82) is 0 Å². The summed E-state index contributed by atoms with van der Waals surface area (Å²) in [5.41, 5.74) is 4.47. The second-order valence-corrected chi connectivity index (χ2v) is 7.96. The van der Waals surface area contributed by atoms with Gasteiger partial charge in [-0.3, -0.25) is 4.79 Å². The Morgan fingerprint density at radius 1 is 1.09 bits per heavy atom. The minimum absolute atomic E-state index is 0.0695. The van der Waals surface area contributed by atoms with Gasteiger partial charge in [0.25, 0.3) is 5.91 Å². The number of hydrogen-bond donors (Lipinski definition) is 3. The molecule has 3 atom stereocenters. The molecule has 1 heterocycles. The molecule has 33 heavy (non-hydrogen) atoms. The number of carboxylic acid groups (broad SMARTS) is 1. The second-order valence-electron chi connectivity index (χ2n) is 7.96. The third-order valence-electron chi connectivity index (χ3n) is 6.02. The van der Waals surface area contributed by atoms with Gasteiger partial charge in [-0.15, -0.1) is 0 Å². The average molecular weight is 454 g/mol. The van der Waals surface area contributed by atoms with Crippen molar-refractivity contribution in [2.24, 2.45) is 0 Å². The fourth-order valence-corrected chi connectivity index (χ4v) is 4.36. The number of ether oxygens (including phenoxy) is 3. The zero-order chi connectivity index (χ0) is 23.4. The Kier molecular flexibility index (Phi) is 6.90. The number of aliphatic carboxylic acids is 1. The first-order valence-electron chi connectivity index (χ1n) is 10.8. The third-order valence-corrected chi connectivity index (χ3v) is 6.02. The maximum Gasteiger partial charge on any atom is 0.407 e. The molecular formula is C24H26N2O7. The van der Waals surface area contributed by atoms with Gasteiger partial charge in [0.15, 0.2) is 12.2 Å². The van der Waals surface area contributed by atoms with E-state index in [9.17, 15) is 14.4 Å². The molecule has 2 aromatic carbocycles. The van der Waals surface area contributed by atoms with Crippen LogP contribution >= 0.6 is 0 Å². The van der Waals surface area contributed by atoms with E-state index in [-0.39, 0.29) is 25.7 Å². The highest BCUT2D eigenvalue weighted by Crippen LogP contribution is 2.44. The van der Waals surface area contributed by atoms with Crippen LogP contribution in [0.4, 0.5) is 4.79 Å². The van der Waals surface area contributed by atoms with Gasteiger partial charge in [0.05, 0.1) is 12.6 Å². The molecule has 3 unspecified atom stereocenters. The van der Waals surface area contributed by atoms with E-state index >= 15 is 0 Å². The number of hydrogen-bond acceptors (Lipinski definition) is 6. The summed E-state index contributed by atoms with van der Waals surface area (Å²) in [4.78, 5) is 36.0. The van der Waals surface area contributed by atoms with E-state index in [2.05, 4.69) is 22.8 Å². The van der Waals surface area contributed by atoms with Crippen LogP contribution in [0.25, 0.3) is 11.1 Å². The van der Waals surface area contributed by atoms with Gasteiger partial charge in [-0.05, 0) is 28.7 Å². The van der Waals surface area contributed by atoms with Crippen LogP contribution in [0.15, 0.2) is 48.5 Å². The molecule has 4 rings (SSSR count). The van der Waals surface area contributed by atoms with E-state index in [4.69, 9.17) is 19.3 Å². The Hall–Kier alpha value is -3.43. The highest BCUT2D eigenvalue weighted by molar-refractivity contribution is 5.83. The van der Waals surface area contributed by atoms with E-state index in [0.29, 0.717) is 6.42 Å². The van der Waals surface area contributed by atoms with Crippen LogP contribution in [0.2, 0.25) is 0 Å². The Labute approximate surface area is 191 Å². The lowest BCUT2D eigenvalue weighted by atomic mass is 9.98. The highest BCUT2D eigenvalue weighted by Gasteiger charge is 2.36. The fraction of sp³-hybridized carbons (Fsp3) is 0.375. The lowest BCUT2D eigenvalue weighted by molar-refractivity contribution is -0.148. The van der Waals surface area contributed by atoms with E-state index in [1.165, 1.54) is 7.11 Å². The van der Waals surface area contributed by atoms with Crippen LogP contribution in [0.1, 0.15) is 23.5 Å². The molecule has 2 aliphatic rings. The summed E-state index contributed by atoms with van der Waals surface area (Å²) in [7, 11) is 1.34. The quantitative estimate of drug-likeness (QED) is 0.557. The van der Waals surface area contributed by atoms with E-state index in [0.717, 1.165) is 22.3 Å². The summed E-state index contributed by atoms with van der Waals surface area (Å²) in [6.07, 6.45) is -2.37. The van der Waals surface area contributed by atoms with E-state index in [1.807, 2.05) is 36.4 Å². The molecule has 0 bridgehead atoms. The number of methoxy groups -OCH3 is 1. The molecule has 1 fully saturated rings. The molecule has 1 aliphatic carbocycles. The molecule has 174 valence electrons. The zero-order valence-electron chi connectivity index (χ0n) is 18.2. The molecule has 0 saturated carbocycles. The molecule has 9 heteroatoms. The summed E-state index contributed by atoms with van der Waals surface area (Å²) >= 11 is 0. The molecule has 0 radical (unpaired) electrons. The minimum atomic E-state index is -1.14. The summed E-state index contributed by atoms with van der Waals surface area (Å²) in [6, 6.07) is 15.4. The monoisotopic (exact) mass is 454 g/mol. The largest absolute Gasteiger partial charge is 0.479 e. The maximum absolute atomic E-state index is 12.5. The van der Waals surface area contributed by atoms with Crippen molar-refractivity contribution in [3.63, 3.8) is 0 Å². The summed E-state index contributed by atoms with van der Waals surface area (Å²) in [6.45, 7) is 0.283. The predicted octanol–water partition coefficient (Wildman–Crippen LogP) is 1.90. The molecular weight excluding hydrogens is 428 g/mol. The van der Waals surface area contributed by atoms with Crippen molar-refractivity contribution in [2.75, 3.05) is 26.9 Å². The van der Waals surface area contributed by atoms with Gasteiger partial charge in [0.2, 0.25) is 0 Å². The van der Waals surface area contributed by atoms with Crippen molar-refractivity contribution >= 4 is 18.0 Å². The number of carbonyl (C=O) groups is 3. The minimum Gasteiger partial charge on any atom is -0.479 e. The van der Waals surface area contributed by atoms with Gasteiger partial charge >= 0.3 is 12.1 Å². The first-order valence-corrected chi connectivity index (χ1v) is 10.8. The highest BCUT2D eigenvalue weighted by atomic mass is 16.5. The van der Waals surface area contributed by atoms with Crippen LogP contribution < -0.4 is 10.6 Å². The summed E-state index contributed by atoms with van der Waals surface area (Å²) < 4.78 is 15.8. The Morgan fingerprint density at radius 3 is 2.33 bits per heavy atom. The maximum atomic E-state index is 12.5. The molecule has 9 nitrogen and oxygen atoms in total. The van der Waals surface area contributed by atoms with Crippen molar-refractivity contribution in [3.8, 4) is 11.1 Å². The third kappa shape index (κ3) is 4.84. The van der Waals surface area contributed by atoms with Crippen LogP contribution in [0.3, 0.4) is 0 Å². The van der Waals surface area contributed by atoms with Crippen LogP contribution in [-0.4, -0.2) is 68.2 Å². The standard InChI is InChI=1S/C24H26N2O7/c1-31-20(22(27)26-19-10-11-32-21(19)23(28)29)12-25-24(30)33-13-18-16-8-4-2-6-14(16)15-7-3-5-9-17(15)18/h2-9,18-21H,10-13H2,1H3,(H,25,30)(H,26,27)(H,28,29). The van der Waals surface area contributed by atoms with E-state index in [1.54, 1.807) is 0 Å². The number of rotatable bonds is 8. The lowest BCUT2D eigenvalue weighted by Crippen LogP contribution is -2.50. The number of carboxylic acids is 1. The van der Waals surface area contributed by atoms with Gasteiger partial charge in [-0.2, -0.15) is 0 Å². The lowest BCUT2D eigenvalue weighted by Gasteiger charge is -2.21. The first kappa shape index (κ1) is 22.8. The molecule has 0 spiro atoms. The zero-order valence-corrected chi connectivity index (χ0v) is 18.2. The molecule has 1 saturated heterocycles. The number of benzene rings is 2. The van der Waals surface area contributed by atoms with Crippen molar-refractivity contribution in [1.82, 2.24) is 10.6 Å². The van der Waals surface area contributed by atoms with Crippen LogP contribution in [-0.2, 0) is 23.8 Å². The number of alkyl carbamates (subject to hydrolysis) is 1. The number of amides is 2. The SMILES string of the molecule is COC(CNC(=O)OCC1c2ccccc2-c2ccccc21)C(=O)NC1CCOC1C(=O)O. The normalized spacial score (nSPS) is 19.9. The van der Waals surface area contributed by atoms with Crippen molar-refractivity contribution in [2.45, 2.75) is 30.6 Å².